The van der Waals surface area contributed by atoms with E-state index in [0.29, 0.717) is 34.0 Å². The van der Waals surface area contributed by atoms with Crippen LogP contribution in [-0.2, 0) is 6.42 Å². The van der Waals surface area contributed by atoms with Crippen molar-refractivity contribution in [2.24, 2.45) is 0 Å². The minimum absolute atomic E-state index is 0.0948. The van der Waals surface area contributed by atoms with Crippen LogP contribution in [0.1, 0.15) is 23.0 Å². The third-order valence-electron chi connectivity index (χ3n) is 5.74. The van der Waals surface area contributed by atoms with E-state index in [9.17, 15) is 4.39 Å². The maximum absolute atomic E-state index is 14.5. The summed E-state index contributed by atoms with van der Waals surface area (Å²) in [4.78, 5) is 6.86. The number of nitrogens with zero attached hydrogens (tertiary/aromatic N) is 5. The number of nitrogens with two attached hydrogens (primary N) is 1. The number of para-hydroxylation sites is 1. The molecule has 0 fully saturated rings. The number of ether oxygens (including phenoxy) is 1. The molecule has 2 N–H and O–H groups in total. The van der Waals surface area contributed by atoms with Gasteiger partial charge in [-0.2, -0.15) is 0 Å². The third kappa shape index (κ3) is 3.19. The second-order valence-corrected chi connectivity index (χ2v) is 7.93. The van der Waals surface area contributed by atoms with Gasteiger partial charge in [-0.1, -0.05) is 23.7 Å². The molecule has 31 heavy (non-hydrogen) atoms. The number of fused-ring (bicyclic) bond motifs is 2. The summed E-state index contributed by atoms with van der Waals surface area (Å²) in [6.45, 7) is 0.799. The van der Waals surface area contributed by atoms with Gasteiger partial charge in [0.05, 0.1) is 24.4 Å². The molecule has 9 heteroatoms. The van der Waals surface area contributed by atoms with Gasteiger partial charge in [0, 0.05) is 18.1 Å². The van der Waals surface area contributed by atoms with Crippen LogP contribution < -0.4 is 10.5 Å². The van der Waals surface area contributed by atoms with Crippen LogP contribution in [0.15, 0.2) is 42.6 Å². The van der Waals surface area contributed by atoms with Crippen molar-refractivity contribution >= 4 is 28.2 Å². The zero-order valence-corrected chi connectivity index (χ0v) is 17.8. The Hall–Kier alpha value is -3.23. The molecular weight excluding hydrogens is 419 g/mol. The summed E-state index contributed by atoms with van der Waals surface area (Å²) in [5.41, 5.74) is 9.49. The van der Waals surface area contributed by atoms with Crippen molar-refractivity contribution in [1.82, 2.24) is 24.6 Å². The summed E-state index contributed by atoms with van der Waals surface area (Å²) in [6.07, 6.45) is 2.21. The van der Waals surface area contributed by atoms with E-state index in [1.807, 2.05) is 31.3 Å². The molecule has 1 aliphatic rings. The van der Waals surface area contributed by atoms with Crippen molar-refractivity contribution in [3.63, 3.8) is 0 Å². The lowest BCUT2D eigenvalue weighted by Gasteiger charge is -2.34. The molecule has 1 atom stereocenters. The Morgan fingerprint density at radius 1 is 1.23 bits per heavy atom. The Morgan fingerprint density at radius 2 is 2.03 bits per heavy atom. The first-order chi connectivity index (χ1) is 15.0. The highest BCUT2D eigenvalue weighted by molar-refractivity contribution is 6.30. The summed E-state index contributed by atoms with van der Waals surface area (Å²) in [5, 5.41) is 9.00. The van der Waals surface area contributed by atoms with Gasteiger partial charge in [-0.05, 0) is 48.9 Å². The highest BCUT2D eigenvalue weighted by Crippen LogP contribution is 2.38. The van der Waals surface area contributed by atoms with Crippen LogP contribution in [0.4, 0.5) is 10.1 Å². The van der Waals surface area contributed by atoms with Crippen LogP contribution in [0.2, 0.25) is 5.15 Å². The molecule has 2 aromatic carbocycles. The van der Waals surface area contributed by atoms with Crippen molar-refractivity contribution in [3.8, 4) is 11.6 Å². The molecule has 4 aromatic rings. The van der Waals surface area contributed by atoms with Gasteiger partial charge in [-0.15, -0.1) is 10.2 Å². The second-order valence-electron chi connectivity index (χ2n) is 7.57. The molecule has 0 amide bonds. The van der Waals surface area contributed by atoms with Crippen molar-refractivity contribution in [1.29, 1.82) is 0 Å². The quantitative estimate of drug-likeness (QED) is 0.490. The van der Waals surface area contributed by atoms with Gasteiger partial charge in [0.25, 0.3) is 0 Å². The lowest BCUT2D eigenvalue weighted by Crippen LogP contribution is -2.34. The van der Waals surface area contributed by atoms with E-state index in [2.05, 4.69) is 15.1 Å². The minimum Gasteiger partial charge on any atom is -0.495 e. The molecule has 1 aliphatic heterocycles. The topological polar surface area (TPSA) is 82.1 Å². The summed E-state index contributed by atoms with van der Waals surface area (Å²) in [5.74, 6) is 1.08. The Balaban J connectivity index is 1.67. The second kappa shape index (κ2) is 7.47. The van der Waals surface area contributed by atoms with Crippen molar-refractivity contribution in [3.05, 3.63) is 70.5 Å². The van der Waals surface area contributed by atoms with Gasteiger partial charge in [0.2, 0.25) is 0 Å². The number of hydrogen-bond acceptors (Lipinski definition) is 6. The zero-order valence-electron chi connectivity index (χ0n) is 17.0. The van der Waals surface area contributed by atoms with Crippen LogP contribution in [0.5, 0.6) is 5.75 Å². The molecule has 0 aliphatic carbocycles. The molecule has 1 unspecified atom stereocenters. The first-order valence-corrected chi connectivity index (χ1v) is 10.2. The predicted octanol–water partition coefficient (Wildman–Crippen LogP) is 3.78. The normalized spacial score (nSPS) is 16.5. The van der Waals surface area contributed by atoms with Gasteiger partial charge in [-0.3, -0.25) is 9.47 Å². The lowest BCUT2D eigenvalue weighted by molar-refractivity contribution is 0.253. The smallest absolute Gasteiger partial charge is 0.195 e. The number of methoxy groups -OCH3 is 1. The molecule has 7 nitrogen and oxygen atoms in total. The molecule has 0 radical (unpaired) electrons. The average molecular weight is 439 g/mol. The standard InChI is InChI=1S/C22H20ClFN6O/c1-29-8-7-12-9-18(31-2)16(25)10-14(12)19(29)21-26-22(20(23)27-28-21)30-11-15(24)13-5-3-4-6-17(13)30/h3-6,9-11,19H,7-8,25H2,1-2H3. The molecule has 3 heterocycles. The fourth-order valence-corrected chi connectivity index (χ4v) is 4.37. The van der Waals surface area contributed by atoms with Gasteiger partial charge in [0.15, 0.2) is 16.8 Å². The SMILES string of the molecule is COc1cc2c(cc1N)C(c1nnc(Cl)c(-n3cc(F)c4ccccc43)n1)N(C)CC2. The Labute approximate surface area is 183 Å². The first-order valence-electron chi connectivity index (χ1n) is 9.80. The van der Waals surface area contributed by atoms with Crippen LogP contribution >= 0.6 is 11.6 Å². The zero-order chi connectivity index (χ0) is 21.7. The number of hydrogen-bond donors (Lipinski definition) is 1. The van der Waals surface area contributed by atoms with Crippen LogP contribution in [0.3, 0.4) is 0 Å². The lowest BCUT2D eigenvalue weighted by atomic mass is 9.91. The molecule has 158 valence electrons. The molecule has 0 saturated heterocycles. The number of likely N-dealkylation sites (N-methyl/N-ethyl adjacent to an activating group) is 1. The maximum atomic E-state index is 14.5. The monoisotopic (exact) mass is 438 g/mol. The molecule has 0 spiro atoms. The summed E-state index contributed by atoms with van der Waals surface area (Å²) < 4.78 is 21.5. The van der Waals surface area contributed by atoms with E-state index in [1.165, 1.54) is 6.20 Å². The van der Waals surface area contributed by atoms with Crippen LogP contribution in [-0.4, -0.2) is 45.4 Å². The van der Waals surface area contributed by atoms with Crippen molar-refractivity contribution < 1.29 is 9.13 Å². The summed E-state index contributed by atoms with van der Waals surface area (Å²) >= 11 is 6.35. The number of benzene rings is 2. The number of aromatic nitrogens is 4. The Kier molecular flexibility index (Phi) is 4.75. The van der Waals surface area contributed by atoms with E-state index >= 15 is 0 Å². The molecule has 0 saturated carbocycles. The fraction of sp³-hybridized carbons (Fsp3) is 0.227. The highest BCUT2D eigenvalue weighted by atomic mass is 35.5. The van der Waals surface area contributed by atoms with Gasteiger partial charge in [0.1, 0.15) is 11.6 Å². The Bertz CT molecular complexity index is 1310. The summed E-state index contributed by atoms with van der Waals surface area (Å²) in [7, 11) is 3.60. The van der Waals surface area contributed by atoms with Crippen LogP contribution in [0, 0.1) is 5.82 Å². The molecular formula is C22H20ClFN6O. The van der Waals surface area contributed by atoms with Crippen molar-refractivity contribution in [2.75, 3.05) is 26.4 Å². The summed E-state index contributed by atoms with van der Waals surface area (Å²) in [6, 6.07) is 10.7. The van der Waals surface area contributed by atoms with E-state index in [1.54, 1.807) is 23.8 Å². The predicted molar refractivity (Wildman–Crippen MR) is 117 cm³/mol. The Morgan fingerprint density at radius 3 is 2.84 bits per heavy atom. The van der Waals surface area contributed by atoms with E-state index in [0.717, 1.165) is 24.1 Å². The van der Waals surface area contributed by atoms with Gasteiger partial charge in [-0.25, -0.2) is 9.37 Å². The molecule has 5 rings (SSSR count). The molecule has 0 bridgehead atoms. The van der Waals surface area contributed by atoms with E-state index < -0.39 is 0 Å². The van der Waals surface area contributed by atoms with E-state index in [4.69, 9.17) is 27.1 Å². The van der Waals surface area contributed by atoms with E-state index in [-0.39, 0.29) is 17.0 Å². The number of anilines is 1. The third-order valence-corrected chi connectivity index (χ3v) is 5.99. The number of halogens is 2. The number of nitrogen functional groups attached to an aromatic ring is 1. The molecule has 2 aromatic heterocycles. The minimum atomic E-state index is -0.355. The maximum Gasteiger partial charge on any atom is 0.195 e. The van der Waals surface area contributed by atoms with Gasteiger partial charge >= 0.3 is 0 Å². The van der Waals surface area contributed by atoms with Crippen molar-refractivity contribution in [2.45, 2.75) is 12.5 Å². The van der Waals surface area contributed by atoms with Gasteiger partial charge < -0.3 is 10.5 Å². The fourth-order valence-electron chi connectivity index (χ4n) is 4.20. The van der Waals surface area contributed by atoms with Crippen LogP contribution in [0.25, 0.3) is 16.7 Å². The average Bonchev–Trinajstić information content (AvgIpc) is 3.11. The highest BCUT2D eigenvalue weighted by Gasteiger charge is 2.31. The first kappa shape index (κ1) is 19.7. The number of rotatable bonds is 3. The largest absolute Gasteiger partial charge is 0.495 e.